The second kappa shape index (κ2) is 4.72. The quantitative estimate of drug-likeness (QED) is 0.821. The van der Waals surface area contributed by atoms with Crippen LogP contribution in [0.3, 0.4) is 0 Å². The van der Waals surface area contributed by atoms with E-state index in [2.05, 4.69) is 19.2 Å². The molecule has 3 heteroatoms. The van der Waals surface area contributed by atoms with E-state index in [1.165, 1.54) is 19.3 Å². The zero-order valence-electron chi connectivity index (χ0n) is 14.2. The number of carbonyl (C=O) groups excluding carboxylic acids is 1. The predicted molar refractivity (Wildman–Crippen MR) is 86.2 cm³/mol. The summed E-state index contributed by atoms with van der Waals surface area (Å²) in [6, 6.07) is -0.00475. The van der Waals surface area contributed by atoms with Crippen LogP contribution in [0, 0.1) is 22.2 Å². The molecule has 22 heavy (non-hydrogen) atoms. The van der Waals surface area contributed by atoms with Gasteiger partial charge in [-0.2, -0.15) is 0 Å². The van der Waals surface area contributed by atoms with Gasteiger partial charge in [-0.1, -0.05) is 26.7 Å². The number of amides is 1. The number of hydrogen-bond acceptors (Lipinski definition) is 2. The molecule has 0 aromatic heterocycles. The van der Waals surface area contributed by atoms with Gasteiger partial charge in [0.2, 0.25) is 5.91 Å². The lowest BCUT2D eigenvalue weighted by Crippen LogP contribution is -2.61. The second-order valence-corrected chi connectivity index (χ2v) is 9.84. The summed E-state index contributed by atoms with van der Waals surface area (Å²) in [7, 11) is 0. The molecule has 2 unspecified atom stereocenters. The predicted octanol–water partition coefficient (Wildman–Crippen LogP) is 3.40. The molecular formula is C19H31NO2. The largest absolute Gasteiger partial charge is 0.391 e. The third kappa shape index (κ3) is 2.31. The average Bonchev–Trinajstić information content (AvgIpc) is 2.37. The van der Waals surface area contributed by atoms with Crippen LogP contribution in [0.15, 0.2) is 0 Å². The maximum absolute atomic E-state index is 13.2. The van der Waals surface area contributed by atoms with Gasteiger partial charge < -0.3 is 10.4 Å². The Morgan fingerprint density at radius 3 is 2.23 bits per heavy atom. The molecule has 0 saturated heterocycles. The van der Waals surface area contributed by atoms with Gasteiger partial charge in [-0.3, -0.25) is 4.79 Å². The van der Waals surface area contributed by atoms with E-state index in [-0.39, 0.29) is 23.5 Å². The Bertz CT molecular complexity index is 470. The molecular weight excluding hydrogens is 274 g/mol. The average molecular weight is 305 g/mol. The van der Waals surface area contributed by atoms with E-state index in [0.717, 1.165) is 50.9 Å². The Hall–Kier alpha value is -0.570. The van der Waals surface area contributed by atoms with Gasteiger partial charge in [-0.05, 0) is 68.1 Å². The fourth-order valence-corrected chi connectivity index (χ4v) is 7.30. The summed E-state index contributed by atoms with van der Waals surface area (Å²) in [5.74, 6) is 1.01. The minimum absolute atomic E-state index is 0.00475. The molecule has 124 valence electrons. The maximum Gasteiger partial charge on any atom is 0.226 e. The lowest BCUT2D eigenvalue weighted by Gasteiger charge is -2.64. The molecule has 5 saturated carbocycles. The van der Waals surface area contributed by atoms with E-state index in [0.29, 0.717) is 10.8 Å². The van der Waals surface area contributed by atoms with Crippen molar-refractivity contribution in [2.75, 3.05) is 0 Å². The highest BCUT2D eigenvalue weighted by Gasteiger charge is 2.62. The van der Waals surface area contributed by atoms with Crippen molar-refractivity contribution in [1.82, 2.24) is 5.32 Å². The lowest BCUT2D eigenvalue weighted by atomic mass is 9.40. The molecule has 0 aliphatic heterocycles. The van der Waals surface area contributed by atoms with E-state index in [1.807, 2.05) is 0 Å². The van der Waals surface area contributed by atoms with Gasteiger partial charge in [0.05, 0.1) is 17.6 Å². The van der Waals surface area contributed by atoms with Crippen LogP contribution in [0.1, 0.15) is 78.1 Å². The first-order valence-corrected chi connectivity index (χ1v) is 9.31. The first-order valence-electron chi connectivity index (χ1n) is 9.31. The molecule has 4 bridgehead atoms. The van der Waals surface area contributed by atoms with Crippen molar-refractivity contribution in [1.29, 1.82) is 0 Å². The number of nitrogens with one attached hydrogen (secondary N) is 1. The van der Waals surface area contributed by atoms with Gasteiger partial charge in [0.25, 0.3) is 0 Å². The Morgan fingerprint density at radius 2 is 1.64 bits per heavy atom. The van der Waals surface area contributed by atoms with Gasteiger partial charge in [0.1, 0.15) is 0 Å². The van der Waals surface area contributed by atoms with Gasteiger partial charge >= 0.3 is 0 Å². The SMILES string of the molecule is CC12CC3CC(C)(C1)CC(C(=O)N[C@@H]1CCCC[C@H]1O)(C3)C2. The topological polar surface area (TPSA) is 49.3 Å². The van der Waals surface area contributed by atoms with Crippen molar-refractivity contribution in [3.8, 4) is 0 Å². The third-order valence-electron chi connectivity index (χ3n) is 7.15. The van der Waals surface area contributed by atoms with Crippen LogP contribution >= 0.6 is 0 Å². The molecule has 4 atom stereocenters. The summed E-state index contributed by atoms with van der Waals surface area (Å²) in [5.41, 5.74) is 0.605. The molecule has 3 nitrogen and oxygen atoms in total. The minimum Gasteiger partial charge on any atom is -0.391 e. The Labute approximate surface area is 134 Å². The normalized spacial score (nSPS) is 53.5. The number of rotatable bonds is 2. The number of aliphatic hydroxyl groups excluding tert-OH is 1. The van der Waals surface area contributed by atoms with Gasteiger partial charge in [-0.15, -0.1) is 0 Å². The molecule has 0 aromatic rings. The van der Waals surface area contributed by atoms with Gasteiger partial charge in [-0.25, -0.2) is 0 Å². The highest BCUT2D eigenvalue weighted by molar-refractivity contribution is 5.83. The molecule has 5 fully saturated rings. The molecule has 0 radical (unpaired) electrons. The fraction of sp³-hybridized carbons (Fsp3) is 0.947. The number of carbonyl (C=O) groups is 1. The van der Waals surface area contributed by atoms with E-state index in [4.69, 9.17) is 0 Å². The Balaban J connectivity index is 1.55. The van der Waals surface area contributed by atoms with Crippen LogP contribution in [-0.2, 0) is 4.79 Å². The van der Waals surface area contributed by atoms with Crippen LogP contribution in [0.5, 0.6) is 0 Å². The lowest BCUT2D eigenvalue weighted by molar-refractivity contribution is -0.171. The number of aliphatic hydroxyl groups is 1. The standard InChI is InChI=1S/C19H31NO2/c1-17-7-13-8-18(2,10-17)12-19(9-13,11-17)16(22)20-14-5-3-4-6-15(14)21/h13-15,21H,3-12H2,1-2H3,(H,20,22)/t13?,14-,15-,17?,18?,19?/m1/s1. The summed E-state index contributed by atoms with van der Waals surface area (Å²) in [6.45, 7) is 4.82. The van der Waals surface area contributed by atoms with Crippen molar-refractivity contribution < 1.29 is 9.90 Å². The van der Waals surface area contributed by atoms with Crippen molar-refractivity contribution in [3.05, 3.63) is 0 Å². The molecule has 5 aliphatic rings. The minimum atomic E-state index is -0.335. The van der Waals surface area contributed by atoms with Crippen molar-refractivity contribution in [2.45, 2.75) is 90.2 Å². The molecule has 0 spiro atoms. The van der Waals surface area contributed by atoms with Crippen LogP contribution in [0.4, 0.5) is 0 Å². The third-order valence-corrected chi connectivity index (χ3v) is 7.15. The second-order valence-electron chi connectivity index (χ2n) is 9.84. The highest BCUT2D eigenvalue weighted by Crippen LogP contribution is 2.69. The smallest absolute Gasteiger partial charge is 0.226 e. The Morgan fingerprint density at radius 1 is 1.00 bits per heavy atom. The number of hydrogen-bond donors (Lipinski definition) is 2. The monoisotopic (exact) mass is 305 g/mol. The molecule has 0 aromatic carbocycles. The van der Waals surface area contributed by atoms with Gasteiger partial charge in [0.15, 0.2) is 0 Å². The van der Waals surface area contributed by atoms with Crippen molar-refractivity contribution in [2.24, 2.45) is 22.2 Å². The summed E-state index contributed by atoms with van der Waals surface area (Å²) in [5, 5.41) is 13.5. The molecule has 5 rings (SSSR count). The van der Waals surface area contributed by atoms with E-state index in [1.54, 1.807) is 0 Å². The molecule has 5 aliphatic carbocycles. The summed E-state index contributed by atoms with van der Waals surface area (Å²) >= 11 is 0. The zero-order valence-corrected chi connectivity index (χ0v) is 14.2. The molecule has 2 N–H and O–H groups in total. The van der Waals surface area contributed by atoms with Crippen LogP contribution in [0.25, 0.3) is 0 Å². The molecule has 1 amide bonds. The zero-order chi connectivity index (χ0) is 15.6. The highest BCUT2D eigenvalue weighted by atomic mass is 16.3. The summed E-state index contributed by atoms with van der Waals surface area (Å²) in [4.78, 5) is 13.2. The van der Waals surface area contributed by atoms with E-state index in [9.17, 15) is 9.90 Å². The first kappa shape index (κ1) is 15.0. The van der Waals surface area contributed by atoms with Crippen LogP contribution in [-0.4, -0.2) is 23.2 Å². The van der Waals surface area contributed by atoms with Crippen LogP contribution in [0.2, 0.25) is 0 Å². The van der Waals surface area contributed by atoms with E-state index < -0.39 is 0 Å². The van der Waals surface area contributed by atoms with E-state index >= 15 is 0 Å². The Kier molecular flexibility index (Phi) is 3.21. The fourth-order valence-electron chi connectivity index (χ4n) is 7.30. The van der Waals surface area contributed by atoms with Crippen molar-refractivity contribution >= 4 is 5.91 Å². The maximum atomic E-state index is 13.2. The van der Waals surface area contributed by atoms with Crippen LogP contribution < -0.4 is 5.32 Å². The summed E-state index contributed by atoms with van der Waals surface area (Å²) < 4.78 is 0. The first-order chi connectivity index (χ1) is 10.3. The van der Waals surface area contributed by atoms with Gasteiger partial charge in [0, 0.05) is 0 Å². The molecule has 0 heterocycles. The van der Waals surface area contributed by atoms with Crippen molar-refractivity contribution in [3.63, 3.8) is 0 Å². The summed E-state index contributed by atoms with van der Waals surface area (Å²) in [6.07, 6.45) is 10.9.